The lowest BCUT2D eigenvalue weighted by atomic mass is 9.97. The molecule has 0 heterocycles. The second-order valence-corrected chi connectivity index (χ2v) is 8.26. The number of hydrogen-bond donors (Lipinski definition) is 1. The van der Waals surface area contributed by atoms with Gasteiger partial charge < -0.3 is 34.2 Å². The van der Waals surface area contributed by atoms with Crippen LogP contribution in [0.15, 0.2) is 18.2 Å². The molecule has 0 aliphatic heterocycles. The first-order chi connectivity index (χ1) is 15.9. The fourth-order valence-corrected chi connectivity index (χ4v) is 2.38. The molecule has 1 aromatic rings. The van der Waals surface area contributed by atoms with E-state index in [2.05, 4.69) is 0 Å². The molecule has 190 valence electrons. The molecule has 0 aromatic heterocycles. The van der Waals surface area contributed by atoms with E-state index in [-0.39, 0.29) is 37.7 Å². The third-order valence-electron chi connectivity index (χ3n) is 4.06. The Hall–Kier alpha value is -3.34. The molecular formula is C23H33NO10. The largest absolute Gasteiger partial charge is 0.513 e. The van der Waals surface area contributed by atoms with Gasteiger partial charge in [-0.05, 0) is 65.7 Å². The fourth-order valence-electron chi connectivity index (χ4n) is 2.38. The zero-order valence-corrected chi connectivity index (χ0v) is 20.4. The molecule has 34 heavy (non-hydrogen) atoms. The monoisotopic (exact) mass is 483 g/mol. The Morgan fingerprint density at radius 2 is 1.47 bits per heavy atom. The smallest absolute Gasteiger partial charge is 0.461 e. The van der Waals surface area contributed by atoms with Crippen LogP contribution in [-0.2, 0) is 35.0 Å². The number of carbonyl (C=O) groups excluding carboxylic acids is 4. The van der Waals surface area contributed by atoms with Crippen LogP contribution in [0.5, 0.6) is 11.5 Å². The summed E-state index contributed by atoms with van der Waals surface area (Å²) in [4.78, 5) is 47.6. The molecule has 2 N–H and O–H groups in total. The maximum atomic E-state index is 12.4. The van der Waals surface area contributed by atoms with E-state index < -0.39 is 41.8 Å². The van der Waals surface area contributed by atoms with Crippen molar-refractivity contribution in [2.75, 3.05) is 19.8 Å². The van der Waals surface area contributed by atoms with E-state index >= 15 is 0 Å². The van der Waals surface area contributed by atoms with Crippen molar-refractivity contribution in [3.05, 3.63) is 23.8 Å². The van der Waals surface area contributed by atoms with Crippen molar-refractivity contribution in [2.45, 2.75) is 60.1 Å². The second-order valence-electron chi connectivity index (χ2n) is 8.26. The Morgan fingerprint density at radius 3 is 2.00 bits per heavy atom. The molecule has 0 saturated heterocycles. The normalized spacial score (nSPS) is 12.7. The van der Waals surface area contributed by atoms with Crippen molar-refractivity contribution in [3.63, 3.8) is 0 Å². The minimum atomic E-state index is -1.06. The van der Waals surface area contributed by atoms with Gasteiger partial charge in [-0.2, -0.15) is 0 Å². The Labute approximate surface area is 198 Å². The summed E-state index contributed by atoms with van der Waals surface area (Å²) in [6.07, 6.45) is -2.67. The van der Waals surface area contributed by atoms with E-state index in [1.807, 2.05) is 0 Å². The summed E-state index contributed by atoms with van der Waals surface area (Å²) in [6, 6.07) is 3.22. The minimum Gasteiger partial charge on any atom is -0.461 e. The Bertz CT molecular complexity index is 862. The highest BCUT2D eigenvalue weighted by Gasteiger charge is 2.25. The zero-order chi connectivity index (χ0) is 25.9. The fraction of sp³-hybridized carbons (Fsp3) is 0.565. The molecule has 0 aliphatic rings. The van der Waals surface area contributed by atoms with Gasteiger partial charge in [-0.15, -0.1) is 0 Å². The van der Waals surface area contributed by atoms with Crippen molar-refractivity contribution < 1.29 is 47.6 Å². The van der Waals surface area contributed by atoms with Gasteiger partial charge in [0.2, 0.25) is 0 Å². The molecule has 0 fully saturated rings. The first-order valence-corrected chi connectivity index (χ1v) is 10.8. The van der Waals surface area contributed by atoms with Crippen LogP contribution in [0.1, 0.15) is 47.1 Å². The van der Waals surface area contributed by atoms with Gasteiger partial charge in [-0.1, -0.05) is 6.07 Å². The molecule has 0 saturated carbocycles. The van der Waals surface area contributed by atoms with Gasteiger partial charge in [0.1, 0.15) is 18.8 Å². The summed E-state index contributed by atoms with van der Waals surface area (Å²) in [5, 5.41) is 0. The van der Waals surface area contributed by atoms with Crippen LogP contribution in [-0.4, -0.2) is 56.2 Å². The minimum absolute atomic E-state index is 0.0200. The van der Waals surface area contributed by atoms with Crippen LogP contribution in [0.2, 0.25) is 0 Å². The number of rotatable bonds is 10. The van der Waals surface area contributed by atoms with Crippen LogP contribution >= 0.6 is 0 Å². The predicted octanol–water partition coefficient (Wildman–Crippen LogP) is 3.15. The van der Waals surface area contributed by atoms with Crippen LogP contribution in [0, 0.1) is 5.41 Å². The first-order valence-electron chi connectivity index (χ1n) is 10.8. The first kappa shape index (κ1) is 28.7. The predicted molar refractivity (Wildman–Crippen MR) is 119 cm³/mol. The number of nitrogens with two attached hydrogens (primary N) is 1. The molecule has 2 atom stereocenters. The van der Waals surface area contributed by atoms with Gasteiger partial charge >= 0.3 is 24.2 Å². The number of ether oxygens (including phenoxy) is 6. The van der Waals surface area contributed by atoms with Crippen LogP contribution in [0.25, 0.3) is 0 Å². The Balaban J connectivity index is 2.83. The van der Waals surface area contributed by atoms with Gasteiger partial charge in [-0.25, -0.2) is 9.59 Å². The summed E-state index contributed by atoms with van der Waals surface area (Å²) >= 11 is 0. The Kier molecular flexibility index (Phi) is 11.3. The van der Waals surface area contributed by atoms with E-state index in [9.17, 15) is 19.2 Å². The van der Waals surface area contributed by atoms with Crippen molar-refractivity contribution in [2.24, 2.45) is 11.1 Å². The van der Waals surface area contributed by atoms with Crippen LogP contribution in [0.4, 0.5) is 9.59 Å². The van der Waals surface area contributed by atoms with Gasteiger partial charge in [0, 0.05) is 0 Å². The molecule has 0 bridgehead atoms. The highest BCUT2D eigenvalue weighted by atomic mass is 16.7. The molecule has 0 amide bonds. The third-order valence-corrected chi connectivity index (χ3v) is 4.06. The van der Waals surface area contributed by atoms with E-state index in [0.29, 0.717) is 5.56 Å². The van der Waals surface area contributed by atoms with Crippen molar-refractivity contribution in [1.29, 1.82) is 0 Å². The van der Waals surface area contributed by atoms with Crippen molar-refractivity contribution in [1.82, 2.24) is 0 Å². The Morgan fingerprint density at radius 1 is 0.912 bits per heavy atom. The molecule has 0 aliphatic carbocycles. The van der Waals surface area contributed by atoms with Gasteiger partial charge in [0.05, 0.1) is 18.6 Å². The number of hydrogen-bond acceptors (Lipinski definition) is 11. The summed E-state index contributed by atoms with van der Waals surface area (Å²) in [5.74, 6) is -1.33. The molecule has 0 spiro atoms. The summed E-state index contributed by atoms with van der Waals surface area (Å²) in [5.41, 5.74) is 5.78. The zero-order valence-electron chi connectivity index (χ0n) is 20.4. The quantitative estimate of drug-likeness (QED) is 0.297. The average Bonchev–Trinajstić information content (AvgIpc) is 2.73. The van der Waals surface area contributed by atoms with Crippen molar-refractivity contribution >= 4 is 24.2 Å². The van der Waals surface area contributed by atoms with Gasteiger partial charge in [-0.3, -0.25) is 9.59 Å². The highest BCUT2D eigenvalue weighted by Crippen LogP contribution is 2.30. The summed E-state index contributed by atoms with van der Waals surface area (Å²) < 4.78 is 30.0. The van der Waals surface area contributed by atoms with E-state index in [1.165, 1.54) is 18.2 Å². The van der Waals surface area contributed by atoms with Crippen molar-refractivity contribution in [3.8, 4) is 11.5 Å². The molecular weight excluding hydrogens is 450 g/mol. The molecule has 0 radical (unpaired) electrons. The number of carbonyl (C=O) groups is 4. The topological polar surface area (TPSA) is 150 Å². The molecule has 1 rings (SSSR count). The van der Waals surface area contributed by atoms with E-state index in [0.717, 1.165) is 0 Å². The molecule has 1 aromatic carbocycles. The summed E-state index contributed by atoms with van der Waals surface area (Å²) in [6.45, 7) is 9.99. The SMILES string of the molecule is CCOC(=O)Oc1ccc(C[C@H](N)C(=O)O[C@@H](C)COC(=O)C(C)(C)C)cc1OC(=O)OCC. The molecule has 0 unspecified atom stereocenters. The van der Waals surface area contributed by atoms with Gasteiger partial charge in [0.25, 0.3) is 0 Å². The van der Waals surface area contributed by atoms with Crippen LogP contribution < -0.4 is 15.2 Å². The molecule has 11 heteroatoms. The second kappa shape index (κ2) is 13.4. The lowest BCUT2D eigenvalue weighted by molar-refractivity contribution is -0.163. The molecule has 11 nitrogen and oxygen atoms in total. The number of benzene rings is 1. The maximum Gasteiger partial charge on any atom is 0.513 e. The lowest BCUT2D eigenvalue weighted by Gasteiger charge is -2.20. The van der Waals surface area contributed by atoms with Crippen LogP contribution in [0.3, 0.4) is 0 Å². The van der Waals surface area contributed by atoms with E-state index in [4.69, 9.17) is 34.2 Å². The third kappa shape index (κ3) is 10.1. The standard InChI is InChI=1S/C23H33NO10/c1-7-29-21(27)33-17-10-9-15(12-18(17)34-22(28)30-8-2)11-16(24)19(25)32-14(3)13-31-20(26)23(4,5)6/h9-10,12,14,16H,7-8,11,13,24H2,1-6H3/t14-,16-/m0/s1. The lowest BCUT2D eigenvalue weighted by Crippen LogP contribution is -2.37. The van der Waals surface area contributed by atoms with Gasteiger partial charge in [0.15, 0.2) is 11.5 Å². The van der Waals surface area contributed by atoms with E-state index in [1.54, 1.807) is 41.5 Å². The average molecular weight is 484 g/mol. The number of esters is 2. The summed E-state index contributed by atoms with van der Waals surface area (Å²) in [7, 11) is 0. The highest BCUT2D eigenvalue weighted by molar-refractivity contribution is 5.77. The maximum absolute atomic E-state index is 12.4.